The molecule has 3 rings (SSSR count). The molecule has 0 aliphatic carbocycles. The first kappa shape index (κ1) is 24.3. The highest BCUT2D eigenvalue weighted by Gasteiger charge is 2.28. The quantitative estimate of drug-likeness (QED) is 0.515. The van der Waals surface area contributed by atoms with E-state index >= 15 is 0 Å². The predicted molar refractivity (Wildman–Crippen MR) is 127 cm³/mol. The first-order valence-electron chi connectivity index (χ1n) is 10.3. The van der Waals surface area contributed by atoms with Crippen molar-refractivity contribution in [3.8, 4) is 22.6 Å². The van der Waals surface area contributed by atoms with E-state index in [-0.39, 0.29) is 16.8 Å². The molecule has 0 bridgehead atoms. The Morgan fingerprint density at radius 1 is 0.735 bits per heavy atom. The molecule has 0 fully saturated rings. The molecule has 0 saturated heterocycles. The number of hydrogen-bond donors (Lipinski definition) is 1. The molecule has 3 aromatic rings. The lowest BCUT2D eigenvalue weighted by atomic mass is 9.90. The van der Waals surface area contributed by atoms with Crippen LogP contribution in [0.3, 0.4) is 0 Å². The van der Waals surface area contributed by atoms with Crippen molar-refractivity contribution in [2.45, 2.75) is 6.92 Å². The second-order valence-corrected chi connectivity index (χ2v) is 7.22. The molecule has 0 aromatic heterocycles. The van der Waals surface area contributed by atoms with Gasteiger partial charge in [0.25, 0.3) is 5.91 Å². The van der Waals surface area contributed by atoms with E-state index in [1.54, 1.807) is 61.5 Å². The molecule has 0 atom stereocenters. The number of amides is 1. The van der Waals surface area contributed by atoms with Gasteiger partial charge in [0.05, 0.1) is 45.3 Å². The summed E-state index contributed by atoms with van der Waals surface area (Å²) in [5, 5.41) is 2.75. The highest BCUT2D eigenvalue weighted by molar-refractivity contribution is 6.14. The minimum absolute atomic E-state index is 0.00926. The second kappa shape index (κ2) is 10.5. The van der Waals surface area contributed by atoms with Gasteiger partial charge in [-0.1, -0.05) is 24.3 Å². The van der Waals surface area contributed by atoms with Gasteiger partial charge < -0.3 is 24.3 Å². The number of nitrogens with one attached hydrogen (secondary N) is 1. The lowest BCUT2D eigenvalue weighted by Gasteiger charge is -2.19. The molecule has 1 N–H and O–H groups in total. The monoisotopic (exact) mass is 463 g/mol. The molecular formula is C26H25NO7. The zero-order valence-electron chi connectivity index (χ0n) is 19.6. The number of esters is 2. The van der Waals surface area contributed by atoms with Crippen LogP contribution in [0, 0.1) is 6.92 Å². The van der Waals surface area contributed by atoms with Crippen LogP contribution in [0.25, 0.3) is 11.1 Å². The van der Waals surface area contributed by atoms with Crippen molar-refractivity contribution in [1.82, 2.24) is 0 Å². The van der Waals surface area contributed by atoms with Gasteiger partial charge in [-0.3, -0.25) is 4.79 Å². The first-order chi connectivity index (χ1) is 16.4. The largest absolute Gasteiger partial charge is 0.493 e. The van der Waals surface area contributed by atoms with Gasteiger partial charge in [0.15, 0.2) is 11.5 Å². The number of benzene rings is 3. The smallest absolute Gasteiger partial charge is 0.340 e. The summed E-state index contributed by atoms with van der Waals surface area (Å²) in [6, 6.07) is 15.4. The molecule has 0 unspecified atom stereocenters. The van der Waals surface area contributed by atoms with Crippen LogP contribution in [-0.2, 0) is 9.47 Å². The molecule has 1 amide bonds. The van der Waals surface area contributed by atoms with Crippen LogP contribution in [-0.4, -0.2) is 46.3 Å². The van der Waals surface area contributed by atoms with Crippen LogP contribution < -0.4 is 14.8 Å². The van der Waals surface area contributed by atoms with E-state index < -0.39 is 17.8 Å². The average Bonchev–Trinajstić information content (AvgIpc) is 2.88. The van der Waals surface area contributed by atoms with Crippen molar-refractivity contribution in [1.29, 1.82) is 0 Å². The lowest BCUT2D eigenvalue weighted by Crippen LogP contribution is -2.20. The van der Waals surface area contributed by atoms with Crippen LogP contribution in [0.1, 0.15) is 36.6 Å². The normalized spacial score (nSPS) is 10.3. The summed E-state index contributed by atoms with van der Waals surface area (Å²) in [5.74, 6) is -0.975. The van der Waals surface area contributed by atoms with Gasteiger partial charge in [-0.15, -0.1) is 0 Å². The number of carbonyl (C=O) groups excluding carboxylic acids is 3. The SMILES string of the molecule is COC(=O)c1c(NC(=O)c2ccccc2)cc(-c2ccc(OC)c(OC)c2)c(C)c1C(=O)OC. The zero-order chi connectivity index (χ0) is 24.8. The van der Waals surface area contributed by atoms with Crippen molar-refractivity contribution in [3.05, 3.63) is 76.9 Å². The molecule has 0 heterocycles. The predicted octanol–water partition coefficient (Wildman–Crippen LogP) is 4.50. The van der Waals surface area contributed by atoms with Crippen molar-refractivity contribution in [2.24, 2.45) is 0 Å². The van der Waals surface area contributed by atoms with Gasteiger partial charge in [0.1, 0.15) is 0 Å². The number of ether oxygens (including phenoxy) is 4. The summed E-state index contributed by atoms with van der Waals surface area (Å²) in [6.45, 7) is 1.69. The Labute approximate surface area is 197 Å². The maximum Gasteiger partial charge on any atom is 0.340 e. The number of rotatable bonds is 7. The van der Waals surface area contributed by atoms with Crippen molar-refractivity contribution in [2.75, 3.05) is 33.8 Å². The Morgan fingerprint density at radius 3 is 1.94 bits per heavy atom. The van der Waals surface area contributed by atoms with Gasteiger partial charge in [-0.05, 0) is 53.9 Å². The highest BCUT2D eigenvalue weighted by atomic mass is 16.5. The van der Waals surface area contributed by atoms with Crippen LogP contribution >= 0.6 is 0 Å². The van der Waals surface area contributed by atoms with Crippen molar-refractivity contribution < 1.29 is 33.3 Å². The molecule has 8 heteroatoms. The van der Waals surface area contributed by atoms with Gasteiger partial charge >= 0.3 is 11.9 Å². The number of anilines is 1. The van der Waals surface area contributed by atoms with E-state index in [0.29, 0.717) is 33.8 Å². The second-order valence-electron chi connectivity index (χ2n) is 7.22. The van der Waals surface area contributed by atoms with Crippen LogP contribution in [0.15, 0.2) is 54.6 Å². The molecule has 34 heavy (non-hydrogen) atoms. The molecule has 0 saturated carbocycles. The van der Waals surface area contributed by atoms with Crippen molar-refractivity contribution >= 4 is 23.5 Å². The van der Waals surface area contributed by atoms with E-state index in [1.807, 2.05) is 0 Å². The molecule has 0 spiro atoms. The van der Waals surface area contributed by atoms with Crippen LogP contribution in [0.2, 0.25) is 0 Å². The fourth-order valence-corrected chi connectivity index (χ4v) is 3.64. The fourth-order valence-electron chi connectivity index (χ4n) is 3.64. The van der Waals surface area contributed by atoms with Crippen LogP contribution in [0.4, 0.5) is 5.69 Å². The molecule has 0 aliphatic heterocycles. The minimum Gasteiger partial charge on any atom is -0.493 e. The van der Waals surface area contributed by atoms with E-state index in [1.165, 1.54) is 28.4 Å². The molecule has 176 valence electrons. The van der Waals surface area contributed by atoms with Gasteiger partial charge in [0, 0.05) is 5.56 Å². The van der Waals surface area contributed by atoms with Gasteiger partial charge in [0.2, 0.25) is 0 Å². The topological polar surface area (TPSA) is 100 Å². The fraction of sp³-hybridized carbons (Fsp3) is 0.192. The van der Waals surface area contributed by atoms with E-state index in [9.17, 15) is 14.4 Å². The summed E-state index contributed by atoms with van der Waals surface area (Å²) in [7, 11) is 5.46. The highest BCUT2D eigenvalue weighted by Crippen LogP contribution is 2.38. The molecule has 8 nitrogen and oxygen atoms in total. The maximum atomic E-state index is 12.9. The molecule has 3 aromatic carbocycles. The Morgan fingerprint density at radius 2 is 1.35 bits per heavy atom. The van der Waals surface area contributed by atoms with E-state index in [2.05, 4.69) is 5.32 Å². The minimum atomic E-state index is -0.786. The molecular weight excluding hydrogens is 438 g/mol. The Balaban J connectivity index is 2.29. The van der Waals surface area contributed by atoms with Crippen molar-refractivity contribution in [3.63, 3.8) is 0 Å². The molecule has 0 aliphatic rings. The third-order valence-electron chi connectivity index (χ3n) is 5.34. The van der Waals surface area contributed by atoms with Gasteiger partial charge in [-0.25, -0.2) is 9.59 Å². The molecule has 0 radical (unpaired) electrons. The van der Waals surface area contributed by atoms with Gasteiger partial charge in [-0.2, -0.15) is 0 Å². The lowest BCUT2D eigenvalue weighted by molar-refractivity contribution is 0.0555. The van der Waals surface area contributed by atoms with E-state index in [4.69, 9.17) is 18.9 Å². The zero-order valence-corrected chi connectivity index (χ0v) is 19.6. The third-order valence-corrected chi connectivity index (χ3v) is 5.34. The summed E-state index contributed by atoms with van der Waals surface area (Å²) in [5.41, 5.74) is 2.11. The Kier molecular flexibility index (Phi) is 7.53. The maximum absolute atomic E-state index is 12.9. The summed E-state index contributed by atoms with van der Waals surface area (Å²) < 4.78 is 20.6. The van der Waals surface area contributed by atoms with E-state index in [0.717, 1.165) is 0 Å². The summed E-state index contributed by atoms with van der Waals surface area (Å²) >= 11 is 0. The number of carbonyl (C=O) groups is 3. The summed E-state index contributed by atoms with van der Waals surface area (Å²) in [6.07, 6.45) is 0. The third kappa shape index (κ3) is 4.71. The number of hydrogen-bond acceptors (Lipinski definition) is 7. The standard InChI is InChI=1S/C26H25NO7/c1-15-18(17-11-12-20(31-2)21(13-17)32-3)14-19(27-24(28)16-9-7-6-8-10-16)23(26(30)34-5)22(15)25(29)33-4/h6-14H,1-5H3,(H,27,28). The Hall–Kier alpha value is -4.33. The number of methoxy groups -OCH3 is 4. The Bertz CT molecular complexity index is 1240. The average molecular weight is 463 g/mol. The van der Waals surface area contributed by atoms with Crippen LogP contribution in [0.5, 0.6) is 11.5 Å². The summed E-state index contributed by atoms with van der Waals surface area (Å²) in [4.78, 5) is 38.5. The first-order valence-corrected chi connectivity index (χ1v) is 10.3.